The third-order valence-electron chi connectivity index (χ3n) is 3.83. The number of aromatic nitrogens is 4. The minimum absolute atomic E-state index is 0.0363. The van der Waals surface area contributed by atoms with Crippen LogP contribution in [-0.4, -0.2) is 38.1 Å². The van der Waals surface area contributed by atoms with Crippen LogP contribution in [0.2, 0.25) is 0 Å². The zero-order valence-electron chi connectivity index (χ0n) is 12.1. The van der Waals surface area contributed by atoms with E-state index < -0.39 is 0 Å². The fourth-order valence-electron chi connectivity index (χ4n) is 2.64. The summed E-state index contributed by atoms with van der Waals surface area (Å²) in [6, 6.07) is 1.74. The van der Waals surface area contributed by atoms with Crippen molar-refractivity contribution in [1.82, 2.24) is 19.7 Å². The first-order valence-electron chi connectivity index (χ1n) is 6.96. The third kappa shape index (κ3) is 2.97. The summed E-state index contributed by atoms with van der Waals surface area (Å²) in [6.07, 6.45) is 6.81. The molecule has 2 N–H and O–H groups in total. The van der Waals surface area contributed by atoms with E-state index in [1.807, 2.05) is 19.4 Å². The number of nitrogens with one attached hydrogen (secondary N) is 1. The van der Waals surface area contributed by atoms with Crippen LogP contribution in [0.25, 0.3) is 0 Å². The predicted octanol–water partition coefficient (Wildman–Crippen LogP) is 1.14. The van der Waals surface area contributed by atoms with Crippen LogP contribution in [0.1, 0.15) is 24.4 Å². The number of methoxy groups -OCH3 is 1. The maximum absolute atomic E-state index is 9.57. The first kappa shape index (κ1) is 13.8. The largest absolute Gasteiger partial charge is 0.481 e. The summed E-state index contributed by atoms with van der Waals surface area (Å²) >= 11 is 0. The molecule has 1 fully saturated rings. The van der Waals surface area contributed by atoms with Crippen molar-refractivity contribution < 1.29 is 9.84 Å². The van der Waals surface area contributed by atoms with Crippen molar-refractivity contribution in [2.75, 3.05) is 12.4 Å². The maximum Gasteiger partial charge on any atom is 0.226 e. The minimum atomic E-state index is -0.206. The van der Waals surface area contributed by atoms with Crippen LogP contribution in [0.5, 0.6) is 5.88 Å². The number of aryl methyl sites for hydroxylation is 1. The minimum Gasteiger partial charge on any atom is -0.481 e. The molecule has 3 rings (SSSR count). The Balaban J connectivity index is 1.81. The molecule has 1 aliphatic rings. The number of hydrogen-bond donors (Lipinski definition) is 2. The van der Waals surface area contributed by atoms with E-state index >= 15 is 0 Å². The Morgan fingerprint density at radius 3 is 2.90 bits per heavy atom. The maximum atomic E-state index is 9.57. The van der Waals surface area contributed by atoms with E-state index in [1.165, 1.54) is 0 Å². The van der Waals surface area contributed by atoms with E-state index in [9.17, 15) is 5.11 Å². The van der Waals surface area contributed by atoms with Gasteiger partial charge in [-0.2, -0.15) is 10.1 Å². The van der Waals surface area contributed by atoms with Crippen molar-refractivity contribution in [2.24, 2.45) is 13.0 Å². The molecule has 1 atom stereocenters. The molecular weight excluding hydrogens is 270 g/mol. The molecule has 1 saturated carbocycles. The van der Waals surface area contributed by atoms with Gasteiger partial charge in [0.15, 0.2) is 0 Å². The molecule has 0 bridgehead atoms. The van der Waals surface area contributed by atoms with Gasteiger partial charge in [-0.25, -0.2) is 4.98 Å². The summed E-state index contributed by atoms with van der Waals surface area (Å²) in [4.78, 5) is 8.52. The fourth-order valence-corrected chi connectivity index (χ4v) is 2.64. The zero-order valence-corrected chi connectivity index (χ0v) is 12.1. The molecule has 1 aliphatic carbocycles. The second-order valence-electron chi connectivity index (χ2n) is 5.38. The van der Waals surface area contributed by atoms with Crippen LogP contribution >= 0.6 is 0 Å². The van der Waals surface area contributed by atoms with Gasteiger partial charge in [0.05, 0.1) is 25.5 Å². The Morgan fingerprint density at radius 1 is 1.48 bits per heavy atom. The molecule has 0 amide bonds. The second-order valence-corrected chi connectivity index (χ2v) is 5.38. The number of anilines is 1. The number of hydrogen-bond acceptors (Lipinski definition) is 6. The Bertz CT molecular complexity index is 609. The highest BCUT2D eigenvalue weighted by Crippen LogP contribution is 2.39. The lowest BCUT2D eigenvalue weighted by molar-refractivity contribution is 0.0338. The molecule has 0 aromatic carbocycles. The van der Waals surface area contributed by atoms with Crippen molar-refractivity contribution in [3.8, 4) is 5.88 Å². The highest BCUT2D eigenvalue weighted by Gasteiger charge is 2.35. The molecule has 0 spiro atoms. The van der Waals surface area contributed by atoms with Crippen molar-refractivity contribution in [2.45, 2.75) is 25.0 Å². The standard InChI is InChI=1S/C14H19N5O2/c1-19-8-10(7-16-19)13(9-5-11(20)6-9)18-14-15-4-3-12(17-14)21-2/h3-4,7-9,11,13,20H,5-6H2,1-2H3,(H,15,17,18)/t9?,11?,13-/m0/s1. The smallest absolute Gasteiger partial charge is 0.226 e. The summed E-state index contributed by atoms with van der Waals surface area (Å²) in [6.45, 7) is 0. The lowest BCUT2D eigenvalue weighted by Gasteiger charge is -2.37. The number of aliphatic hydroxyl groups is 1. The van der Waals surface area contributed by atoms with Gasteiger partial charge in [-0.1, -0.05) is 0 Å². The summed E-state index contributed by atoms with van der Waals surface area (Å²) < 4.78 is 6.89. The molecule has 7 heteroatoms. The van der Waals surface area contributed by atoms with Gasteiger partial charge in [-0.15, -0.1) is 0 Å². The monoisotopic (exact) mass is 289 g/mol. The molecule has 0 saturated heterocycles. The molecule has 0 unspecified atom stereocenters. The van der Waals surface area contributed by atoms with E-state index in [2.05, 4.69) is 20.4 Å². The Kier molecular flexibility index (Phi) is 3.74. The number of ether oxygens (including phenoxy) is 1. The highest BCUT2D eigenvalue weighted by molar-refractivity contribution is 5.33. The van der Waals surface area contributed by atoms with Gasteiger partial charge >= 0.3 is 0 Å². The molecule has 7 nitrogen and oxygen atoms in total. The fraction of sp³-hybridized carbons (Fsp3) is 0.500. The topological polar surface area (TPSA) is 85.1 Å². The van der Waals surface area contributed by atoms with E-state index in [4.69, 9.17) is 4.74 Å². The van der Waals surface area contributed by atoms with Crippen LogP contribution in [-0.2, 0) is 7.05 Å². The molecule has 2 aromatic rings. The van der Waals surface area contributed by atoms with Gasteiger partial charge < -0.3 is 15.2 Å². The summed E-state index contributed by atoms with van der Waals surface area (Å²) in [5.74, 6) is 1.38. The van der Waals surface area contributed by atoms with Crippen molar-refractivity contribution in [3.05, 3.63) is 30.2 Å². The summed E-state index contributed by atoms with van der Waals surface area (Å²) in [7, 11) is 3.46. The van der Waals surface area contributed by atoms with Crippen molar-refractivity contribution in [1.29, 1.82) is 0 Å². The Morgan fingerprint density at radius 2 is 2.29 bits per heavy atom. The molecule has 0 aliphatic heterocycles. The summed E-state index contributed by atoms with van der Waals surface area (Å²) in [5, 5.41) is 17.1. The number of rotatable bonds is 5. The Labute approximate surface area is 123 Å². The Hall–Kier alpha value is -2.15. The highest BCUT2D eigenvalue weighted by atomic mass is 16.5. The first-order chi connectivity index (χ1) is 10.2. The van der Waals surface area contributed by atoms with Crippen molar-refractivity contribution in [3.63, 3.8) is 0 Å². The van der Waals surface area contributed by atoms with Gasteiger partial charge in [0.2, 0.25) is 11.8 Å². The van der Waals surface area contributed by atoms with E-state index in [1.54, 1.807) is 24.1 Å². The average Bonchev–Trinajstić information content (AvgIpc) is 2.88. The molecule has 21 heavy (non-hydrogen) atoms. The predicted molar refractivity (Wildman–Crippen MR) is 76.9 cm³/mol. The van der Waals surface area contributed by atoms with Gasteiger partial charge in [0.1, 0.15) is 0 Å². The number of aliphatic hydroxyl groups excluding tert-OH is 1. The SMILES string of the molecule is COc1ccnc(N[C@H](c2cnn(C)c2)C2CC(O)C2)n1. The van der Waals surface area contributed by atoms with Gasteiger partial charge in [0, 0.05) is 31.1 Å². The molecule has 112 valence electrons. The van der Waals surface area contributed by atoms with Gasteiger partial charge in [0.25, 0.3) is 0 Å². The molecular formula is C14H19N5O2. The van der Waals surface area contributed by atoms with Crippen LogP contribution in [0.4, 0.5) is 5.95 Å². The van der Waals surface area contributed by atoms with E-state index in [-0.39, 0.29) is 12.1 Å². The lowest BCUT2D eigenvalue weighted by Crippen LogP contribution is -2.36. The van der Waals surface area contributed by atoms with Gasteiger partial charge in [-0.05, 0) is 18.8 Å². The van der Waals surface area contributed by atoms with Crippen LogP contribution in [0.15, 0.2) is 24.7 Å². The third-order valence-corrected chi connectivity index (χ3v) is 3.83. The molecule has 2 heterocycles. The van der Waals surface area contributed by atoms with Crippen molar-refractivity contribution >= 4 is 5.95 Å². The quantitative estimate of drug-likeness (QED) is 0.858. The van der Waals surface area contributed by atoms with Crippen LogP contribution in [0, 0.1) is 5.92 Å². The summed E-state index contributed by atoms with van der Waals surface area (Å²) in [5.41, 5.74) is 1.07. The van der Waals surface area contributed by atoms with Crippen LogP contribution < -0.4 is 10.1 Å². The molecule has 2 aromatic heterocycles. The first-order valence-corrected chi connectivity index (χ1v) is 6.96. The second kappa shape index (κ2) is 5.69. The average molecular weight is 289 g/mol. The lowest BCUT2D eigenvalue weighted by atomic mass is 9.75. The van der Waals surface area contributed by atoms with E-state index in [0.717, 1.165) is 18.4 Å². The van der Waals surface area contributed by atoms with E-state index in [0.29, 0.717) is 17.7 Å². The van der Waals surface area contributed by atoms with Crippen LogP contribution in [0.3, 0.4) is 0 Å². The normalized spacial score (nSPS) is 22.4. The van der Waals surface area contributed by atoms with Gasteiger partial charge in [-0.3, -0.25) is 4.68 Å². The zero-order chi connectivity index (χ0) is 14.8. The number of nitrogens with zero attached hydrogens (tertiary/aromatic N) is 4. The molecule has 0 radical (unpaired) electrons.